The van der Waals surface area contributed by atoms with E-state index in [4.69, 9.17) is 23.4 Å². The second kappa shape index (κ2) is 7.81. The highest BCUT2D eigenvalue weighted by Gasteiger charge is 2.63. The van der Waals surface area contributed by atoms with Gasteiger partial charge in [0.15, 0.2) is 0 Å². The van der Waals surface area contributed by atoms with Gasteiger partial charge in [0.2, 0.25) is 5.79 Å². The van der Waals surface area contributed by atoms with Gasteiger partial charge in [-0.1, -0.05) is 73.8 Å². The van der Waals surface area contributed by atoms with Gasteiger partial charge in [0, 0.05) is 0 Å². The summed E-state index contributed by atoms with van der Waals surface area (Å²) >= 11 is 0. The number of benzene rings is 2. The van der Waals surface area contributed by atoms with Gasteiger partial charge in [-0.3, -0.25) is 0 Å². The van der Waals surface area contributed by atoms with Crippen LogP contribution in [0.4, 0.5) is 0 Å². The van der Waals surface area contributed by atoms with Gasteiger partial charge in [-0.15, -0.1) is 0 Å². The molecule has 0 unspecified atom stereocenters. The molecule has 6 nitrogen and oxygen atoms in total. The summed E-state index contributed by atoms with van der Waals surface area (Å²) in [4.78, 5) is 0. The van der Waals surface area contributed by atoms with Gasteiger partial charge in [-0.2, -0.15) is 0 Å². The van der Waals surface area contributed by atoms with Crippen LogP contribution in [0, 0.1) is 0 Å². The maximum Gasteiger partial charge on any atom is 0.496 e. The number of fused-ring (bicyclic) bond motifs is 3. The minimum absolute atomic E-state index is 0.238. The highest BCUT2D eigenvalue weighted by atomic mass is 16.8. The molecule has 0 aliphatic carbocycles. The molecule has 0 amide bonds. The van der Waals surface area contributed by atoms with Gasteiger partial charge >= 0.3 is 14.2 Å². The third-order valence-corrected chi connectivity index (χ3v) is 5.80. The predicted octanol–water partition coefficient (Wildman–Crippen LogP) is 0.981. The van der Waals surface area contributed by atoms with Crippen molar-refractivity contribution in [3.05, 3.63) is 72.8 Å². The van der Waals surface area contributed by atoms with Crippen LogP contribution in [0.5, 0.6) is 0 Å². The van der Waals surface area contributed by atoms with Crippen molar-refractivity contribution in [2.24, 2.45) is 0 Å². The van der Waals surface area contributed by atoms with Gasteiger partial charge < -0.3 is 28.5 Å². The maximum atomic E-state index is 10.1. The van der Waals surface area contributed by atoms with Crippen LogP contribution in [0.1, 0.15) is 11.1 Å². The van der Waals surface area contributed by atoms with E-state index in [1.165, 1.54) is 0 Å². The molecule has 0 bridgehead atoms. The van der Waals surface area contributed by atoms with E-state index in [0.29, 0.717) is 0 Å². The van der Waals surface area contributed by atoms with Crippen molar-refractivity contribution in [3.63, 3.8) is 0 Å². The van der Waals surface area contributed by atoms with E-state index in [1.807, 2.05) is 48.5 Å². The van der Waals surface area contributed by atoms with Gasteiger partial charge in [0.25, 0.3) is 0 Å². The van der Waals surface area contributed by atoms with E-state index in [9.17, 15) is 5.11 Å². The molecule has 2 aromatic rings. The monoisotopic (exact) mass is 404 g/mol. The lowest BCUT2D eigenvalue weighted by Gasteiger charge is -2.41. The third-order valence-electron chi connectivity index (χ3n) is 5.80. The fourth-order valence-corrected chi connectivity index (χ4v) is 4.22. The molecular formula is C22H22B2O6. The van der Waals surface area contributed by atoms with Crippen molar-refractivity contribution in [2.45, 2.75) is 24.1 Å². The molecular weight excluding hydrogens is 382 g/mol. The average molecular weight is 404 g/mol. The molecule has 5 rings (SSSR count). The van der Waals surface area contributed by atoms with Crippen molar-refractivity contribution in [1.29, 1.82) is 0 Å². The lowest BCUT2D eigenvalue weighted by Crippen LogP contribution is -2.60. The SMILES string of the molecule is C=Cc1cccc(B2O[C@@H]3[C@@H](CO[C@@]4(CO)OB(c5cccc(C=C)c5)O[C@@H]34)O2)c1. The van der Waals surface area contributed by atoms with Crippen LogP contribution >= 0.6 is 0 Å². The van der Waals surface area contributed by atoms with E-state index in [-0.39, 0.29) is 19.3 Å². The first-order chi connectivity index (χ1) is 14.7. The van der Waals surface area contributed by atoms with E-state index in [2.05, 4.69) is 13.2 Å². The molecule has 3 heterocycles. The Morgan fingerprint density at radius 3 is 2.27 bits per heavy atom. The van der Waals surface area contributed by atoms with Crippen LogP contribution in [0.15, 0.2) is 61.7 Å². The Morgan fingerprint density at radius 1 is 0.967 bits per heavy atom. The van der Waals surface area contributed by atoms with Crippen LogP contribution in [0.2, 0.25) is 0 Å². The first-order valence-corrected chi connectivity index (χ1v) is 9.99. The van der Waals surface area contributed by atoms with Crippen molar-refractivity contribution in [3.8, 4) is 0 Å². The van der Waals surface area contributed by atoms with E-state index >= 15 is 0 Å². The Balaban J connectivity index is 1.40. The molecule has 152 valence electrons. The molecule has 3 fully saturated rings. The number of hydrogen-bond acceptors (Lipinski definition) is 6. The lowest BCUT2D eigenvalue weighted by molar-refractivity contribution is -0.270. The Hall–Kier alpha value is -2.19. The first-order valence-electron chi connectivity index (χ1n) is 9.99. The largest absolute Gasteiger partial charge is 0.496 e. The molecule has 8 heteroatoms. The molecule has 0 radical (unpaired) electrons. The number of ether oxygens (including phenoxy) is 1. The standard InChI is InChI=1S/C22H22B2O6/c1-3-15-7-5-9-17(11-15)23-27-19-13-26-22(14-25)21(20(19)28-23)29-24(30-22)18-10-6-8-16(4-2)12-18/h3-12,19-21,25H,1-2,13-14H2/t19-,20-,21+,22+/m1/s1. The second-order valence-corrected chi connectivity index (χ2v) is 7.64. The zero-order valence-electron chi connectivity index (χ0n) is 16.5. The molecule has 0 spiro atoms. The van der Waals surface area contributed by atoms with E-state index < -0.39 is 32.2 Å². The summed E-state index contributed by atoms with van der Waals surface area (Å²) in [5.74, 6) is -1.29. The van der Waals surface area contributed by atoms with Crippen molar-refractivity contribution in [1.82, 2.24) is 0 Å². The van der Waals surface area contributed by atoms with Crippen molar-refractivity contribution < 1.29 is 28.5 Å². The summed E-state index contributed by atoms with van der Waals surface area (Å²) in [7, 11) is -1.24. The van der Waals surface area contributed by atoms with Crippen LogP contribution in [0.25, 0.3) is 12.2 Å². The predicted molar refractivity (Wildman–Crippen MR) is 115 cm³/mol. The summed E-state index contributed by atoms with van der Waals surface area (Å²) in [5, 5.41) is 10.1. The van der Waals surface area contributed by atoms with E-state index in [0.717, 1.165) is 22.1 Å². The van der Waals surface area contributed by atoms with E-state index in [1.54, 1.807) is 12.2 Å². The van der Waals surface area contributed by atoms with Gasteiger partial charge in [-0.25, -0.2) is 0 Å². The Bertz CT molecular complexity index is 968. The summed E-state index contributed by atoms with van der Waals surface area (Å²) in [5.41, 5.74) is 3.65. The zero-order chi connectivity index (χ0) is 20.7. The smallest absolute Gasteiger partial charge is 0.399 e. The molecule has 1 N–H and O–H groups in total. The molecule has 30 heavy (non-hydrogen) atoms. The molecule has 0 saturated carbocycles. The lowest BCUT2D eigenvalue weighted by atomic mass is 9.78. The summed E-state index contributed by atoms with van der Waals surface area (Å²) in [6.45, 7) is 7.51. The summed E-state index contributed by atoms with van der Waals surface area (Å²) in [6.07, 6.45) is 2.15. The topological polar surface area (TPSA) is 66.4 Å². The van der Waals surface area contributed by atoms with Crippen LogP contribution in [-0.4, -0.2) is 56.7 Å². The fraction of sp³-hybridized carbons (Fsp3) is 0.273. The summed E-state index contributed by atoms with van der Waals surface area (Å²) in [6, 6.07) is 15.5. The van der Waals surface area contributed by atoms with Gasteiger partial charge in [0.1, 0.15) is 6.10 Å². The van der Waals surface area contributed by atoms with Crippen LogP contribution < -0.4 is 10.9 Å². The Morgan fingerprint density at radius 2 is 1.63 bits per heavy atom. The molecule has 2 aromatic carbocycles. The molecule has 4 atom stereocenters. The zero-order valence-corrected chi connectivity index (χ0v) is 16.5. The van der Waals surface area contributed by atoms with Gasteiger partial charge in [0.05, 0.1) is 25.4 Å². The normalized spacial score (nSPS) is 30.1. The molecule has 3 saturated heterocycles. The molecule has 3 aliphatic heterocycles. The van der Waals surface area contributed by atoms with Crippen molar-refractivity contribution >= 4 is 37.3 Å². The number of rotatable bonds is 5. The minimum atomic E-state index is -1.29. The number of aliphatic hydroxyl groups is 1. The minimum Gasteiger partial charge on any atom is -0.399 e. The Kier molecular flexibility index (Phi) is 5.14. The fourth-order valence-electron chi connectivity index (χ4n) is 4.22. The van der Waals surface area contributed by atoms with Gasteiger partial charge in [-0.05, 0) is 22.1 Å². The molecule has 0 aromatic heterocycles. The second-order valence-electron chi connectivity index (χ2n) is 7.64. The highest BCUT2D eigenvalue weighted by molar-refractivity contribution is 6.62. The van der Waals surface area contributed by atoms with Crippen LogP contribution in [0.3, 0.4) is 0 Å². The highest BCUT2D eigenvalue weighted by Crippen LogP contribution is 2.40. The number of aliphatic hydroxyl groups excluding tert-OH is 1. The third kappa shape index (κ3) is 3.26. The summed E-state index contributed by atoms with van der Waals surface area (Å²) < 4.78 is 30.6. The Labute approximate surface area is 176 Å². The number of hydrogen-bond donors (Lipinski definition) is 1. The quantitative estimate of drug-likeness (QED) is 0.751. The molecule has 3 aliphatic rings. The van der Waals surface area contributed by atoms with Crippen LogP contribution in [-0.2, 0) is 23.4 Å². The maximum absolute atomic E-state index is 10.1. The first kappa shape index (κ1) is 19.8. The average Bonchev–Trinajstić information content (AvgIpc) is 3.41. The van der Waals surface area contributed by atoms with Crippen molar-refractivity contribution in [2.75, 3.05) is 13.2 Å².